The van der Waals surface area contributed by atoms with Gasteiger partial charge in [0.2, 0.25) is 0 Å². The lowest BCUT2D eigenvalue weighted by molar-refractivity contribution is -0.000362. The van der Waals surface area contributed by atoms with E-state index in [1.165, 1.54) is 4.68 Å². The third-order valence-electron chi connectivity index (χ3n) is 1.77. The summed E-state index contributed by atoms with van der Waals surface area (Å²) >= 11 is 0. The van der Waals surface area contributed by atoms with Gasteiger partial charge in [-0.3, -0.25) is 4.68 Å². The van der Waals surface area contributed by atoms with Crippen LogP contribution in [0.1, 0.15) is 32.4 Å². The molecular weight excluding hydrogens is 174 g/mol. The van der Waals surface area contributed by atoms with Crippen LogP contribution in [0.5, 0.6) is 0 Å². The van der Waals surface area contributed by atoms with Gasteiger partial charge in [-0.25, -0.2) is 8.78 Å². The summed E-state index contributed by atoms with van der Waals surface area (Å²) in [7, 11) is 0. The van der Waals surface area contributed by atoms with Gasteiger partial charge in [0.1, 0.15) is 6.54 Å². The van der Waals surface area contributed by atoms with E-state index in [4.69, 9.17) is 0 Å². The van der Waals surface area contributed by atoms with E-state index in [9.17, 15) is 8.78 Å². The maximum absolute atomic E-state index is 12.7. The smallest absolute Gasteiger partial charge is 0.263 e. The fourth-order valence-corrected chi connectivity index (χ4v) is 1.23. The molecule has 0 amide bonds. The molecule has 0 aliphatic carbocycles. The first kappa shape index (κ1) is 10.2. The lowest BCUT2D eigenvalue weighted by atomic mass is 10.1. The van der Waals surface area contributed by atoms with E-state index < -0.39 is 5.92 Å². The molecule has 0 spiro atoms. The molecule has 0 saturated carbocycles. The summed E-state index contributed by atoms with van der Waals surface area (Å²) in [5.74, 6) is -2.47. The molecular formula is C9H14F2N2. The molecule has 1 aromatic heterocycles. The molecule has 74 valence electrons. The largest absolute Gasteiger partial charge is 0.264 e. The van der Waals surface area contributed by atoms with Crippen LogP contribution in [0.2, 0.25) is 0 Å². The van der Waals surface area contributed by atoms with E-state index in [0.717, 1.165) is 12.6 Å². The van der Waals surface area contributed by atoms with Crippen LogP contribution >= 0.6 is 0 Å². The number of hydrogen-bond donors (Lipinski definition) is 0. The molecule has 0 aromatic carbocycles. The Morgan fingerprint density at radius 2 is 2.15 bits per heavy atom. The normalized spacial score (nSPS) is 12.5. The fourth-order valence-electron chi connectivity index (χ4n) is 1.23. The van der Waals surface area contributed by atoms with Crippen LogP contribution in [0.3, 0.4) is 0 Å². The van der Waals surface area contributed by atoms with Crippen LogP contribution in [0.15, 0.2) is 12.3 Å². The third kappa shape index (κ3) is 2.79. The lowest BCUT2D eigenvalue weighted by Gasteiger charge is -2.14. The van der Waals surface area contributed by atoms with Gasteiger partial charge in [0.25, 0.3) is 5.92 Å². The van der Waals surface area contributed by atoms with Crippen LogP contribution < -0.4 is 0 Å². The maximum Gasteiger partial charge on any atom is 0.264 e. The first-order valence-corrected chi connectivity index (χ1v) is 4.29. The first-order valence-electron chi connectivity index (χ1n) is 4.29. The Balaban J connectivity index is 2.83. The Labute approximate surface area is 76.6 Å². The summed E-state index contributed by atoms with van der Waals surface area (Å²) in [6, 6.07) is 1.77. The summed E-state index contributed by atoms with van der Waals surface area (Å²) in [4.78, 5) is 0. The molecule has 0 aliphatic rings. The van der Waals surface area contributed by atoms with Crippen LogP contribution in [0, 0.1) is 0 Å². The number of rotatable bonds is 3. The molecule has 0 bridgehead atoms. The third-order valence-corrected chi connectivity index (χ3v) is 1.77. The van der Waals surface area contributed by atoms with Gasteiger partial charge in [-0.1, -0.05) is 13.8 Å². The van der Waals surface area contributed by atoms with Crippen molar-refractivity contribution in [3.8, 4) is 0 Å². The van der Waals surface area contributed by atoms with Crippen molar-refractivity contribution in [1.82, 2.24) is 9.78 Å². The van der Waals surface area contributed by atoms with Gasteiger partial charge in [0, 0.05) is 18.8 Å². The molecule has 1 rings (SSSR count). The molecule has 1 aromatic rings. The average Bonchev–Trinajstić information content (AvgIpc) is 2.31. The van der Waals surface area contributed by atoms with Crippen LogP contribution in [-0.2, 0) is 6.54 Å². The van der Waals surface area contributed by atoms with Crippen molar-refractivity contribution in [3.05, 3.63) is 18.0 Å². The highest BCUT2D eigenvalue weighted by molar-refractivity contribution is 5.05. The van der Waals surface area contributed by atoms with Crippen LogP contribution in [0.4, 0.5) is 8.78 Å². The summed E-state index contributed by atoms with van der Waals surface area (Å²) in [6.45, 7) is 4.48. The van der Waals surface area contributed by atoms with E-state index in [-0.39, 0.29) is 12.5 Å². The fraction of sp³-hybridized carbons (Fsp3) is 0.667. The van der Waals surface area contributed by atoms with Crippen LogP contribution in [-0.4, -0.2) is 15.7 Å². The summed E-state index contributed by atoms with van der Waals surface area (Å²) in [5, 5.41) is 3.86. The predicted molar refractivity (Wildman–Crippen MR) is 46.9 cm³/mol. The molecule has 0 N–H and O–H groups in total. The number of nitrogens with zero attached hydrogens (tertiary/aromatic N) is 2. The second-order valence-electron chi connectivity index (χ2n) is 3.64. The Morgan fingerprint density at radius 1 is 1.54 bits per heavy atom. The minimum absolute atomic E-state index is 0.227. The first-order chi connectivity index (χ1) is 5.90. The predicted octanol–water partition coefficient (Wildman–Crippen LogP) is 2.66. The second-order valence-corrected chi connectivity index (χ2v) is 3.64. The maximum atomic E-state index is 12.7. The number of aromatic nitrogens is 2. The van der Waals surface area contributed by atoms with E-state index >= 15 is 0 Å². The Hall–Kier alpha value is -0.930. The van der Waals surface area contributed by atoms with Crippen LogP contribution in [0.25, 0.3) is 0 Å². The van der Waals surface area contributed by atoms with Gasteiger partial charge < -0.3 is 0 Å². The zero-order valence-corrected chi connectivity index (χ0v) is 8.09. The number of alkyl halides is 2. The van der Waals surface area contributed by atoms with Gasteiger partial charge in [-0.15, -0.1) is 0 Å². The van der Waals surface area contributed by atoms with Crippen molar-refractivity contribution in [2.45, 2.75) is 39.2 Å². The molecule has 13 heavy (non-hydrogen) atoms. The van der Waals surface area contributed by atoms with Gasteiger partial charge >= 0.3 is 0 Å². The standard InChI is InChI=1S/C9H14F2N2/c1-7(2)8-4-5-12-13(8)6-9(3,10)11/h4-5,7H,6H2,1-3H3. The zero-order valence-electron chi connectivity index (χ0n) is 8.09. The summed E-state index contributed by atoms with van der Waals surface area (Å²) in [5.41, 5.74) is 0.849. The molecule has 0 saturated heterocycles. The minimum atomic E-state index is -2.70. The highest BCUT2D eigenvalue weighted by Gasteiger charge is 2.23. The summed E-state index contributed by atoms with van der Waals surface area (Å²) in [6.07, 6.45) is 1.56. The van der Waals surface area contributed by atoms with Crippen molar-refractivity contribution in [3.63, 3.8) is 0 Å². The molecule has 0 radical (unpaired) electrons. The Morgan fingerprint density at radius 3 is 2.62 bits per heavy atom. The van der Waals surface area contributed by atoms with Crippen molar-refractivity contribution in [2.75, 3.05) is 0 Å². The quantitative estimate of drug-likeness (QED) is 0.713. The summed E-state index contributed by atoms with van der Waals surface area (Å²) < 4.78 is 26.7. The van der Waals surface area contributed by atoms with Crippen molar-refractivity contribution >= 4 is 0 Å². The van der Waals surface area contributed by atoms with E-state index in [1.807, 2.05) is 13.8 Å². The molecule has 0 atom stereocenters. The minimum Gasteiger partial charge on any atom is -0.263 e. The molecule has 0 unspecified atom stereocenters. The van der Waals surface area contributed by atoms with Crippen molar-refractivity contribution in [2.24, 2.45) is 0 Å². The van der Waals surface area contributed by atoms with Gasteiger partial charge in [-0.2, -0.15) is 5.10 Å². The van der Waals surface area contributed by atoms with Gasteiger partial charge in [0.05, 0.1) is 0 Å². The molecule has 0 aliphatic heterocycles. The van der Waals surface area contributed by atoms with Gasteiger partial charge in [0.15, 0.2) is 0 Å². The molecule has 0 fully saturated rings. The highest BCUT2D eigenvalue weighted by Crippen LogP contribution is 2.19. The number of hydrogen-bond acceptors (Lipinski definition) is 1. The van der Waals surface area contributed by atoms with E-state index in [1.54, 1.807) is 12.3 Å². The second kappa shape index (κ2) is 3.44. The van der Waals surface area contributed by atoms with Crippen molar-refractivity contribution in [1.29, 1.82) is 0 Å². The zero-order chi connectivity index (χ0) is 10.1. The molecule has 2 nitrogen and oxygen atoms in total. The Kier molecular flexibility index (Phi) is 2.68. The topological polar surface area (TPSA) is 17.8 Å². The van der Waals surface area contributed by atoms with Gasteiger partial charge in [-0.05, 0) is 12.0 Å². The van der Waals surface area contributed by atoms with E-state index in [0.29, 0.717) is 0 Å². The SMILES string of the molecule is CC(C)c1ccnn1CC(C)(F)F. The highest BCUT2D eigenvalue weighted by atomic mass is 19.3. The van der Waals surface area contributed by atoms with Crippen molar-refractivity contribution < 1.29 is 8.78 Å². The monoisotopic (exact) mass is 188 g/mol. The average molecular weight is 188 g/mol. The van der Waals surface area contributed by atoms with E-state index in [2.05, 4.69) is 5.10 Å². The lowest BCUT2D eigenvalue weighted by Crippen LogP contribution is -2.22. The molecule has 1 heterocycles. The molecule has 4 heteroatoms. The Bertz CT molecular complexity index is 273. The number of halogens is 2.